The van der Waals surface area contributed by atoms with E-state index in [0.717, 1.165) is 116 Å². The Morgan fingerprint density at radius 3 is 0.930 bits per heavy atom. The van der Waals surface area contributed by atoms with E-state index in [2.05, 4.69) is 130 Å². The minimum atomic E-state index is -0.813. The Morgan fingerprint density at radius 1 is 0.296 bits per heavy atom. The van der Waals surface area contributed by atoms with Gasteiger partial charge in [-0.1, -0.05) is 239 Å². The minimum Gasteiger partial charge on any atom is -0.462 e. The third-order valence-corrected chi connectivity index (χ3v) is 12.2. The highest BCUT2D eigenvalue weighted by atomic mass is 16.6. The molecule has 0 bridgehead atoms. The van der Waals surface area contributed by atoms with Gasteiger partial charge in [0.15, 0.2) is 6.10 Å². The maximum absolute atomic E-state index is 12.9. The summed E-state index contributed by atoms with van der Waals surface area (Å²) in [4.78, 5) is 38.2. The van der Waals surface area contributed by atoms with Gasteiger partial charge in [0, 0.05) is 19.3 Å². The van der Waals surface area contributed by atoms with Gasteiger partial charge in [-0.05, 0) is 116 Å². The molecule has 1 atom stereocenters. The first-order valence-corrected chi connectivity index (χ1v) is 29.4. The van der Waals surface area contributed by atoms with Crippen LogP contribution in [0, 0.1) is 0 Å². The largest absolute Gasteiger partial charge is 0.462 e. The van der Waals surface area contributed by atoms with Crippen LogP contribution < -0.4 is 0 Å². The van der Waals surface area contributed by atoms with Crippen molar-refractivity contribution in [2.45, 2.75) is 271 Å². The maximum atomic E-state index is 12.9. The molecule has 0 aliphatic carbocycles. The van der Waals surface area contributed by atoms with Crippen molar-refractivity contribution in [3.8, 4) is 0 Å². The molecule has 0 saturated heterocycles. The summed E-state index contributed by atoms with van der Waals surface area (Å²) in [5.41, 5.74) is 0. The summed E-state index contributed by atoms with van der Waals surface area (Å²) in [5, 5.41) is 0. The van der Waals surface area contributed by atoms with E-state index in [1.807, 2.05) is 0 Å². The minimum absolute atomic E-state index is 0.104. The lowest BCUT2D eigenvalue weighted by atomic mass is 10.0. The number of unbranched alkanes of at least 4 members (excludes halogenated alkanes) is 23. The van der Waals surface area contributed by atoms with E-state index in [1.54, 1.807) is 0 Å². The predicted molar refractivity (Wildman–Crippen MR) is 307 cm³/mol. The Morgan fingerprint density at radius 2 is 0.563 bits per heavy atom. The van der Waals surface area contributed by atoms with Gasteiger partial charge in [0.25, 0.3) is 0 Å². The average Bonchev–Trinajstić information content (AvgIpc) is 3.37. The second kappa shape index (κ2) is 58.6. The van der Waals surface area contributed by atoms with Crippen LogP contribution in [0.4, 0.5) is 0 Å². The monoisotopic (exact) mass is 985 g/mol. The number of carbonyl (C=O) groups is 3. The second-order valence-electron chi connectivity index (χ2n) is 19.1. The molecule has 404 valence electrons. The lowest BCUT2D eigenvalue weighted by Gasteiger charge is -2.18. The average molecular weight is 986 g/mol. The zero-order valence-corrected chi connectivity index (χ0v) is 46.2. The number of esters is 3. The summed E-state index contributed by atoms with van der Waals surface area (Å²) in [6.45, 7) is 6.36. The Labute approximate surface area is 438 Å². The van der Waals surface area contributed by atoms with Gasteiger partial charge in [0.05, 0.1) is 0 Å². The molecule has 71 heavy (non-hydrogen) atoms. The van der Waals surface area contributed by atoms with Gasteiger partial charge >= 0.3 is 17.9 Å². The molecule has 0 aromatic rings. The summed E-state index contributed by atoms with van der Waals surface area (Å²) < 4.78 is 16.8. The molecule has 0 rings (SSSR count). The Hall–Kier alpha value is -3.93. The van der Waals surface area contributed by atoms with E-state index in [4.69, 9.17) is 14.2 Å². The van der Waals surface area contributed by atoms with Crippen LogP contribution >= 0.6 is 0 Å². The smallest absolute Gasteiger partial charge is 0.306 e. The van der Waals surface area contributed by atoms with Crippen molar-refractivity contribution in [3.63, 3.8) is 0 Å². The zero-order chi connectivity index (χ0) is 51.4. The van der Waals surface area contributed by atoms with Crippen molar-refractivity contribution in [1.82, 2.24) is 0 Å². The molecule has 0 aliphatic rings. The first-order valence-electron chi connectivity index (χ1n) is 29.4. The fourth-order valence-corrected chi connectivity index (χ4v) is 7.90. The number of hydrogen-bond donors (Lipinski definition) is 0. The van der Waals surface area contributed by atoms with Crippen molar-refractivity contribution in [2.75, 3.05) is 13.2 Å². The number of allylic oxidation sites excluding steroid dienone is 18. The number of ether oxygens (including phenoxy) is 3. The summed E-state index contributed by atoms with van der Waals surface area (Å²) in [6.07, 6.45) is 79.5. The fraction of sp³-hybridized carbons (Fsp3) is 0.677. The molecule has 0 aliphatic heterocycles. The quantitative estimate of drug-likeness (QED) is 0.0261. The SMILES string of the molecule is CC/C=C\C/C=C\C/C=C\C/C=C\C/C=C\CCCC(=O)OC[C@H](COC(=O)CCCCCCCCCCCCC/C=C\CCCCCCCC)OC(=O)CCCCCCC/C=C\C/C=C\C/C=C\CC. The lowest BCUT2D eigenvalue weighted by Crippen LogP contribution is -2.30. The lowest BCUT2D eigenvalue weighted by molar-refractivity contribution is -0.167. The topological polar surface area (TPSA) is 78.9 Å². The second-order valence-corrected chi connectivity index (χ2v) is 19.1. The first-order chi connectivity index (χ1) is 35.0. The molecule has 0 aromatic heterocycles. The molecule has 0 fully saturated rings. The zero-order valence-electron chi connectivity index (χ0n) is 46.2. The maximum Gasteiger partial charge on any atom is 0.306 e. The molecule has 0 N–H and O–H groups in total. The highest BCUT2D eigenvalue weighted by Gasteiger charge is 2.19. The highest BCUT2D eigenvalue weighted by molar-refractivity contribution is 5.71. The van der Waals surface area contributed by atoms with Crippen LogP contribution in [0.15, 0.2) is 109 Å². The van der Waals surface area contributed by atoms with Crippen molar-refractivity contribution in [1.29, 1.82) is 0 Å². The van der Waals surface area contributed by atoms with Crippen molar-refractivity contribution >= 4 is 17.9 Å². The molecular formula is C65H108O6. The third kappa shape index (κ3) is 56.9. The van der Waals surface area contributed by atoms with Gasteiger partial charge in [-0.15, -0.1) is 0 Å². The summed E-state index contributed by atoms with van der Waals surface area (Å²) in [6, 6.07) is 0. The molecule has 0 radical (unpaired) electrons. The van der Waals surface area contributed by atoms with Crippen LogP contribution in [0.25, 0.3) is 0 Å². The van der Waals surface area contributed by atoms with Gasteiger partial charge in [-0.2, -0.15) is 0 Å². The Kier molecular flexibility index (Phi) is 55.4. The van der Waals surface area contributed by atoms with Gasteiger partial charge in [0.2, 0.25) is 0 Å². The van der Waals surface area contributed by atoms with Crippen molar-refractivity contribution in [2.24, 2.45) is 0 Å². The van der Waals surface area contributed by atoms with Crippen LogP contribution in [-0.2, 0) is 28.6 Å². The van der Waals surface area contributed by atoms with E-state index in [0.29, 0.717) is 19.3 Å². The number of rotatable bonds is 52. The van der Waals surface area contributed by atoms with Crippen LogP contribution in [0.2, 0.25) is 0 Å². The van der Waals surface area contributed by atoms with E-state index in [-0.39, 0.29) is 37.5 Å². The number of hydrogen-bond acceptors (Lipinski definition) is 6. The van der Waals surface area contributed by atoms with Crippen molar-refractivity contribution in [3.05, 3.63) is 109 Å². The van der Waals surface area contributed by atoms with Crippen molar-refractivity contribution < 1.29 is 28.6 Å². The first kappa shape index (κ1) is 67.1. The van der Waals surface area contributed by atoms with Crippen LogP contribution in [0.3, 0.4) is 0 Å². The van der Waals surface area contributed by atoms with Gasteiger partial charge < -0.3 is 14.2 Å². The summed E-state index contributed by atoms with van der Waals surface area (Å²) in [5.74, 6) is -0.981. The molecule has 6 nitrogen and oxygen atoms in total. The summed E-state index contributed by atoms with van der Waals surface area (Å²) >= 11 is 0. The molecule has 0 spiro atoms. The van der Waals surface area contributed by atoms with E-state index < -0.39 is 6.10 Å². The number of carbonyl (C=O) groups excluding carboxylic acids is 3. The van der Waals surface area contributed by atoms with Gasteiger partial charge in [-0.25, -0.2) is 0 Å². The Balaban J connectivity index is 4.45. The summed E-state index contributed by atoms with van der Waals surface area (Å²) in [7, 11) is 0. The molecule has 0 amide bonds. The van der Waals surface area contributed by atoms with Gasteiger partial charge in [0.1, 0.15) is 13.2 Å². The molecule has 0 unspecified atom stereocenters. The highest BCUT2D eigenvalue weighted by Crippen LogP contribution is 2.15. The van der Waals surface area contributed by atoms with E-state index in [9.17, 15) is 14.4 Å². The molecule has 0 heterocycles. The fourth-order valence-electron chi connectivity index (χ4n) is 7.90. The molecule has 6 heteroatoms. The van der Waals surface area contributed by atoms with E-state index >= 15 is 0 Å². The van der Waals surface area contributed by atoms with Crippen LogP contribution in [-0.4, -0.2) is 37.2 Å². The normalized spacial score (nSPS) is 12.9. The molecular weight excluding hydrogens is 877 g/mol. The van der Waals surface area contributed by atoms with Gasteiger partial charge in [-0.3, -0.25) is 14.4 Å². The van der Waals surface area contributed by atoms with Crippen LogP contribution in [0.1, 0.15) is 265 Å². The third-order valence-electron chi connectivity index (χ3n) is 12.2. The van der Waals surface area contributed by atoms with Crippen LogP contribution in [0.5, 0.6) is 0 Å². The molecule has 0 saturated carbocycles. The van der Waals surface area contributed by atoms with E-state index in [1.165, 1.54) is 103 Å². The predicted octanol–water partition coefficient (Wildman–Crippen LogP) is 19.9. The molecule has 0 aromatic carbocycles. The Bertz CT molecular complexity index is 1460. The standard InChI is InChI=1S/C65H108O6/c1-4-7-10-13-16-19-22-25-28-30-31-32-33-35-38-40-43-46-49-52-55-58-64(67)70-61-62(71-65(68)59-56-53-50-47-44-41-36-27-24-21-18-15-12-9-6-3)60-69-63(66)57-54-51-48-45-42-39-37-34-29-26-23-20-17-14-11-8-5-2/h8-9,11-12,17-18,20-21,25-29,36-37,39,45,48,62H,4-7,10,13-16,19,22-24,30-35,38,40-44,46-47,49-61H2,1-3H3/b11-8-,12-9-,20-17-,21-18-,28-25-,29-26-,36-27-,39-37-,48-45-/t62-/m1/s1.